The van der Waals surface area contributed by atoms with Crippen molar-refractivity contribution >= 4 is 11.8 Å². The number of aromatic hydroxyl groups is 1. The summed E-state index contributed by atoms with van der Waals surface area (Å²) in [5.41, 5.74) is -1.25. The third kappa shape index (κ3) is 2.14. The van der Waals surface area contributed by atoms with Crippen LogP contribution in [0, 0.1) is 0 Å². The van der Waals surface area contributed by atoms with E-state index in [1.807, 2.05) is 4.98 Å². The molecular formula is C9H7N3O3S. The Kier molecular flexibility index (Phi) is 2.78. The van der Waals surface area contributed by atoms with Crippen molar-refractivity contribution in [2.75, 3.05) is 0 Å². The van der Waals surface area contributed by atoms with Gasteiger partial charge in [0.1, 0.15) is 5.75 Å². The molecule has 0 aliphatic heterocycles. The summed E-state index contributed by atoms with van der Waals surface area (Å²) < 4.78 is 0. The van der Waals surface area contributed by atoms with Crippen LogP contribution in [-0.4, -0.2) is 20.3 Å². The molecule has 3 N–H and O–H groups in total. The van der Waals surface area contributed by atoms with Crippen LogP contribution in [0.15, 0.2) is 43.8 Å². The first-order valence-corrected chi connectivity index (χ1v) is 5.13. The van der Waals surface area contributed by atoms with Crippen molar-refractivity contribution in [3.63, 3.8) is 0 Å². The van der Waals surface area contributed by atoms with Gasteiger partial charge in [0.25, 0.3) is 5.56 Å². The topological polar surface area (TPSA) is 98.8 Å². The molecule has 2 rings (SSSR count). The molecule has 0 saturated carbocycles. The molecule has 0 atom stereocenters. The monoisotopic (exact) mass is 237 g/mol. The Morgan fingerprint density at radius 2 is 2.00 bits per heavy atom. The third-order valence-corrected chi connectivity index (χ3v) is 2.79. The first-order valence-electron chi connectivity index (χ1n) is 4.31. The zero-order valence-electron chi connectivity index (χ0n) is 7.93. The standard InChI is InChI=1S/C9H7N3O3S/c13-5-3-1-2-4-6(5)16-8-7(14)10-9(15)12-11-8/h1-4,13H,(H2,10,12,14,15). The second-order valence-corrected chi connectivity index (χ2v) is 3.91. The number of hydrogen-bond acceptors (Lipinski definition) is 5. The van der Waals surface area contributed by atoms with Gasteiger partial charge in [-0.2, -0.15) is 5.10 Å². The first kappa shape index (κ1) is 10.5. The molecule has 2 aromatic rings. The predicted molar refractivity (Wildman–Crippen MR) is 57.7 cm³/mol. The summed E-state index contributed by atoms with van der Waals surface area (Å²) >= 11 is 0.975. The molecule has 0 aliphatic rings. The number of phenols is 1. The van der Waals surface area contributed by atoms with Crippen molar-refractivity contribution in [1.82, 2.24) is 15.2 Å². The fraction of sp³-hybridized carbons (Fsp3) is 0. The highest BCUT2D eigenvalue weighted by Crippen LogP contribution is 2.30. The summed E-state index contributed by atoms with van der Waals surface area (Å²) in [6.45, 7) is 0. The number of benzene rings is 1. The molecule has 0 fully saturated rings. The Bertz CT molecular complexity index is 620. The van der Waals surface area contributed by atoms with Gasteiger partial charge in [-0.25, -0.2) is 9.89 Å². The van der Waals surface area contributed by atoms with Gasteiger partial charge in [-0.15, -0.1) is 0 Å². The van der Waals surface area contributed by atoms with Crippen molar-refractivity contribution in [2.24, 2.45) is 0 Å². The van der Waals surface area contributed by atoms with Crippen LogP contribution < -0.4 is 11.2 Å². The van der Waals surface area contributed by atoms with E-state index < -0.39 is 11.2 Å². The third-order valence-electron chi connectivity index (χ3n) is 1.75. The van der Waals surface area contributed by atoms with Crippen LogP contribution in [0.2, 0.25) is 0 Å². The highest BCUT2D eigenvalue weighted by Gasteiger charge is 2.07. The maximum atomic E-state index is 11.3. The molecule has 82 valence electrons. The van der Waals surface area contributed by atoms with Crippen LogP contribution >= 0.6 is 11.8 Å². The fourth-order valence-corrected chi connectivity index (χ4v) is 1.82. The van der Waals surface area contributed by atoms with Crippen LogP contribution in [-0.2, 0) is 0 Å². The lowest BCUT2D eigenvalue weighted by molar-refractivity contribution is 0.462. The van der Waals surface area contributed by atoms with Crippen LogP contribution in [0.3, 0.4) is 0 Å². The average Bonchev–Trinajstić information content (AvgIpc) is 2.25. The zero-order valence-corrected chi connectivity index (χ0v) is 8.75. The molecule has 0 saturated heterocycles. The number of aromatic nitrogens is 3. The number of aromatic amines is 2. The molecule has 0 spiro atoms. The molecule has 0 amide bonds. The Balaban J connectivity index is 2.38. The average molecular weight is 237 g/mol. The SMILES string of the molecule is O=c1[nH]nc(Sc2ccccc2O)c(=O)[nH]1. The number of rotatable bonds is 2. The van der Waals surface area contributed by atoms with Gasteiger partial charge in [0.2, 0.25) is 0 Å². The maximum absolute atomic E-state index is 11.3. The van der Waals surface area contributed by atoms with Crippen LogP contribution in [0.1, 0.15) is 0 Å². The van der Waals surface area contributed by atoms with Gasteiger partial charge in [-0.1, -0.05) is 23.9 Å². The predicted octanol–water partition coefficient (Wildman–Crippen LogP) is 0.315. The normalized spacial score (nSPS) is 10.2. The van der Waals surface area contributed by atoms with Gasteiger partial charge in [0.15, 0.2) is 5.03 Å². The molecule has 16 heavy (non-hydrogen) atoms. The number of nitrogens with zero attached hydrogens (tertiary/aromatic N) is 1. The van der Waals surface area contributed by atoms with Crippen LogP contribution in [0.5, 0.6) is 5.75 Å². The molecule has 1 aromatic carbocycles. The van der Waals surface area contributed by atoms with E-state index in [0.29, 0.717) is 4.90 Å². The van der Waals surface area contributed by atoms with Crippen LogP contribution in [0.4, 0.5) is 0 Å². The lowest BCUT2D eigenvalue weighted by Gasteiger charge is -2.01. The van der Waals surface area contributed by atoms with Gasteiger partial charge in [-0.3, -0.25) is 9.78 Å². The zero-order chi connectivity index (χ0) is 11.5. The van der Waals surface area contributed by atoms with E-state index in [1.165, 1.54) is 6.07 Å². The van der Waals surface area contributed by atoms with E-state index in [-0.39, 0.29) is 10.8 Å². The molecule has 0 radical (unpaired) electrons. The summed E-state index contributed by atoms with van der Waals surface area (Å²) in [6.07, 6.45) is 0. The lowest BCUT2D eigenvalue weighted by atomic mass is 10.3. The first-order chi connectivity index (χ1) is 7.66. The fourth-order valence-electron chi connectivity index (χ4n) is 1.05. The number of nitrogens with one attached hydrogen (secondary N) is 2. The van der Waals surface area contributed by atoms with E-state index in [4.69, 9.17) is 0 Å². The number of hydrogen-bond donors (Lipinski definition) is 3. The van der Waals surface area contributed by atoms with Gasteiger partial charge < -0.3 is 5.11 Å². The summed E-state index contributed by atoms with van der Waals surface area (Å²) in [5.74, 6) is 0.0555. The van der Waals surface area contributed by atoms with E-state index in [0.717, 1.165) is 11.8 Å². The van der Waals surface area contributed by atoms with Gasteiger partial charge in [0, 0.05) is 0 Å². The van der Waals surface area contributed by atoms with Crippen LogP contribution in [0.25, 0.3) is 0 Å². The van der Waals surface area contributed by atoms with Gasteiger partial charge in [-0.05, 0) is 12.1 Å². The number of para-hydroxylation sites is 1. The van der Waals surface area contributed by atoms with Crippen molar-refractivity contribution in [3.05, 3.63) is 45.1 Å². The minimum absolute atomic E-state index is 0.0555. The van der Waals surface area contributed by atoms with Gasteiger partial charge in [0.05, 0.1) is 4.90 Å². The van der Waals surface area contributed by atoms with E-state index in [9.17, 15) is 14.7 Å². The molecule has 1 aromatic heterocycles. The van der Waals surface area contributed by atoms with Crippen molar-refractivity contribution < 1.29 is 5.11 Å². The molecule has 0 unspecified atom stereocenters. The Morgan fingerprint density at radius 1 is 1.25 bits per heavy atom. The largest absolute Gasteiger partial charge is 0.507 e. The summed E-state index contributed by atoms with van der Waals surface area (Å²) in [5, 5.41) is 15.3. The Labute approximate surface area is 93.4 Å². The molecule has 0 bridgehead atoms. The highest BCUT2D eigenvalue weighted by molar-refractivity contribution is 7.99. The highest BCUT2D eigenvalue weighted by atomic mass is 32.2. The van der Waals surface area contributed by atoms with E-state index in [1.54, 1.807) is 18.2 Å². The molecule has 6 nitrogen and oxygen atoms in total. The smallest absolute Gasteiger partial charge is 0.342 e. The number of phenolic OH excluding ortho intramolecular Hbond substituents is 1. The molecule has 7 heteroatoms. The summed E-state index contributed by atoms with van der Waals surface area (Å²) in [6, 6.07) is 6.54. The second-order valence-electron chi connectivity index (χ2n) is 2.88. The van der Waals surface area contributed by atoms with Crippen molar-refractivity contribution in [2.45, 2.75) is 9.92 Å². The lowest BCUT2D eigenvalue weighted by Crippen LogP contribution is -2.24. The van der Waals surface area contributed by atoms with Crippen molar-refractivity contribution in [3.8, 4) is 5.75 Å². The quantitative estimate of drug-likeness (QED) is 0.698. The van der Waals surface area contributed by atoms with Crippen molar-refractivity contribution in [1.29, 1.82) is 0 Å². The molecular weight excluding hydrogens is 230 g/mol. The van der Waals surface area contributed by atoms with Gasteiger partial charge >= 0.3 is 5.69 Å². The van der Waals surface area contributed by atoms with E-state index >= 15 is 0 Å². The molecule has 1 heterocycles. The maximum Gasteiger partial charge on any atom is 0.342 e. The minimum atomic E-state index is -0.661. The Hall–Kier alpha value is -2.02. The summed E-state index contributed by atoms with van der Waals surface area (Å²) in [7, 11) is 0. The Morgan fingerprint density at radius 3 is 2.69 bits per heavy atom. The summed E-state index contributed by atoms with van der Waals surface area (Å²) in [4.78, 5) is 24.6. The number of H-pyrrole nitrogens is 2. The minimum Gasteiger partial charge on any atom is -0.507 e. The van der Waals surface area contributed by atoms with E-state index in [2.05, 4.69) is 10.2 Å². The second kappa shape index (κ2) is 4.23. The molecule has 0 aliphatic carbocycles.